The van der Waals surface area contributed by atoms with Gasteiger partial charge >= 0.3 is 11.9 Å². The smallest absolute Gasteiger partial charge is 0.328 e. The van der Waals surface area contributed by atoms with Crippen LogP contribution in [0.4, 0.5) is 0 Å². The molecule has 2 heterocycles. The molecule has 7 nitrogen and oxygen atoms in total. The van der Waals surface area contributed by atoms with Gasteiger partial charge in [-0.1, -0.05) is 32.0 Å². The van der Waals surface area contributed by atoms with Crippen molar-refractivity contribution in [1.82, 2.24) is 5.32 Å². The van der Waals surface area contributed by atoms with Crippen molar-refractivity contribution in [3.05, 3.63) is 30.3 Å². The number of methoxy groups -OCH3 is 1. The number of cyclic esters (lactones) is 1. The van der Waals surface area contributed by atoms with Crippen LogP contribution in [0.1, 0.15) is 13.8 Å². The molecule has 2 aliphatic rings. The van der Waals surface area contributed by atoms with Crippen molar-refractivity contribution in [2.75, 3.05) is 20.3 Å². The van der Waals surface area contributed by atoms with Crippen LogP contribution in [0.2, 0.25) is 0 Å². The van der Waals surface area contributed by atoms with E-state index in [1.807, 2.05) is 0 Å². The molecule has 3 rings (SSSR count). The Hall–Kier alpha value is -1.93. The number of carbonyl (C=O) groups excluding carboxylic acids is 2. The number of hydrogen-bond donors (Lipinski definition) is 1. The first kappa shape index (κ1) is 17.9. The molecule has 0 bridgehead atoms. The van der Waals surface area contributed by atoms with Crippen LogP contribution < -0.4 is 5.32 Å². The maximum absolute atomic E-state index is 13.1. The van der Waals surface area contributed by atoms with E-state index in [1.54, 1.807) is 32.0 Å². The largest absolute Gasteiger partial charge is 0.469 e. The van der Waals surface area contributed by atoms with E-state index in [9.17, 15) is 18.0 Å². The van der Waals surface area contributed by atoms with E-state index >= 15 is 0 Å². The Kier molecular flexibility index (Phi) is 4.15. The number of sulfone groups is 1. The molecule has 1 spiro atoms. The number of benzene rings is 1. The SMILES string of the molecule is COC(=O)[C@@H]1[C@H](S(=O)(=O)c2ccccc2)CN[C@@]12C(=O)OCC2(C)C. The molecule has 0 radical (unpaired) electrons. The Morgan fingerprint density at radius 1 is 1.28 bits per heavy atom. The van der Waals surface area contributed by atoms with Crippen molar-refractivity contribution in [2.24, 2.45) is 11.3 Å². The summed E-state index contributed by atoms with van der Waals surface area (Å²) in [5.41, 5.74) is -2.18. The second kappa shape index (κ2) is 5.81. The molecule has 2 fully saturated rings. The van der Waals surface area contributed by atoms with E-state index in [4.69, 9.17) is 9.47 Å². The fourth-order valence-electron chi connectivity index (χ4n) is 3.91. The second-order valence-electron chi connectivity index (χ2n) is 7.05. The zero-order valence-corrected chi connectivity index (χ0v) is 15.1. The molecule has 1 N–H and O–H groups in total. The van der Waals surface area contributed by atoms with Gasteiger partial charge in [-0.2, -0.15) is 0 Å². The normalized spacial score (nSPS) is 31.1. The van der Waals surface area contributed by atoms with Crippen molar-refractivity contribution < 1.29 is 27.5 Å². The zero-order chi connectivity index (χ0) is 18.5. The third kappa shape index (κ3) is 2.38. The summed E-state index contributed by atoms with van der Waals surface area (Å²) >= 11 is 0. The molecule has 0 aliphatic carbocycles. The van der Waals surface area contributed by atoms with Gasteiger partial charge < -0.3 is 9.47 Å². The van der Waals surface area contributed by atoms with Crippen LogP contribution in [0.5, 0.6) is 0 Å². The molecule has 3 atom stereocenters. The summed E-state index contributed by atoms with van der Waals surface area (Å²) in [7, 11) is -2.66. The first-order valence-electron chi connectivity index (χ1n) is 7.97. The maximum atomic E-state index is 13.1. The molecule has 1 aromatic carbocycles. The predicted octanol–water partition coefficient (Wildman–Crippen LogP) is 0.543. The number of esters is 2. The number of carbonyl (C=O) groups is 2. The molecule has 0 aromatic heterocycles. The van der Waals surface area contributed by atoms with Crippen LogP contribution in [0.25, 0.3) is 0 Å². The first-order chi connectivity index (χ1) is 11.7. The fraction of sp³-hybridized carbons (Fsp3) is 0.529. The molecule has 25 heavy (non-hydrogen) atoms. The Balaban J connectivity index is 2.14. The average molecular weight is 367 g/mol. The van der Waals surface area contributed by atoms with E-state index in [1.165, 1.54) is 19.2 Å². The third-order valence-electron chi connectivity index (χ3n) is 5.30. The minimum atomic E-state index is -3.85. The lowest BCUT2D eigenvalue weighted by Crippen LogP contribution is -2.61. The highest BCUT2D eigenvalue weighted by atomic mass is 32.2. The van der Waals surface area contributed by atoms with Crippen LogP contribution in [-0.4, -0.2) is 51.4 Å². The number of hydrogen-bond acceptors (Lipinski definition) is 7. The van der Waals surface area contributed by atoms with Crippen LogP contribution >= 0.6 is 0 Å². The van der Waals surface area contributed by atoms with Crippen molar-refractivity contribution in [3.63, 3.8) is 0 Å². The van der Waals surface area contributed by atoms with Crippen molar-refractivity contribution in [1.29, 1.82) is 0 Å². The summed E-state index contributed by atoms with van der Waals surface area (Å²) < 4.78 is 36.3. The van der Waals surface area contributed by atoms with Crippen LogP contribution in [0.3, 0.4) is 0 Å². The van der Waals surface area contributed by atoms with E-state index in [-0.39, 0.29) is 18.0 Å². The van der Waals surface area contributed by atoms with Gasteiger partial charge in [0.25, 0.3) is 0 Å². The fourth-order valence-corrected chi connectivity index (χ4v) is 5.77. The lowest BCUT2D eigenvalue weighted by atomic mass is 9.68. The van der Waals surface area contributed by atoms with Crippen molar-refractivity contribution in [2.45, 2.75) is 29.5 Å². The summed E-state index contributed by atoms with van der Waals surface area (Å²) in [5, 5.41) is 1.89. The predicted molar refractivity (Wildman–Crippen MR) is 88.4 cm³/mol. The molecule has 8 heteroatoms. The molecule has 136 valence electrons. The summed E-state index contributed by atoms with van der Waals surface area (Å²) in [6, 6.07) is 7.90. The van der Waals surface area contributed by atoms with Gasteiger partial charge in [-0.25, -0.2) is 13.2 Å². The molecule has 2 aliphatic heterocycles. The second-order valence-corrected chi connectivity index (χ2v) is 9.21. The molecule has 0 unspecified atom stereocenters. The Morgan fingerprint density at radius 3 is 2.44 bits per heavy atom. The van der Waals surface area contributed by atoms with Gasteiger partial charge in [0.1, 0.15) is 11.5 Å². The summed E-state index contributed by atoms with van der Waals surface area (Å²) in [6.07, 6.45) is 0. The highest BCUT2D eigenvalue weighted by molar-refractivity contribution is 7.92. The number of nitrogens with one attached hydrogen (secondary N) is 1. The number of ether oxygens (including phenoxy) is 2. The molecule has 0 amide bonds. The van der Waals surface area contributed by atoms with Crippen LogP contribution in [0, 0.1) is 11.3 Å². The summed E-state index contributed by atoms with van der Waals surface area (Å²) in [5.74, 6) is -2.53. The van der Waals surface area contributed by atoms with Crippen molar-refractivity contribution in [3.8, 4) is 0 Å². The lowest BCUT2D eigenvalue weighted by Gasteiger charge is -2.37. The topological polar surface area (TPSA) is 98.8 Å². The van der Waals surface area contributed by atoms with Gasteiger partial charge in [0.2, 0.25) is 0 Å². The maximum Gasteiger partial charge on any atom is 0.328 e. The van der Waals surface area contributed by atoms with Gasteiger partial charge in [-0.3, -0.25) is 10.1 Å². The van der Waals surface area contributed by atoms with Gasteiger partial charge in [0.15, 0.2) is 9.84 Å². The lowest BCUT2D eigenvalue weighted by molar-refractivity contribution is -0.155. The zero-order valence-electron chi connectivity index (χ0n) is 14.3. The van der Waals surface area contributed by atoms with Crippen LogP contribution in [0.15, 0.2) is 35.2 Å². The summed E-state index contributed by atoms with van der Waals surface area (Å²) in [6.45, 7) is 3.62. The molecular weight excluding hydrogens is 346 g/mol. The minimum Gasteiger partial charge on any atom is -0.469 e. The van der Waals surface area contributed by atoms with E-state index < -0.39 is 43.9 Å². The third-order valence-corrected chi connectivity index (χ3v) is 7.46. The molecule has 0 saturated carbocycles. The Labute approximate surface area is 146 Å². The Bertz CT molecular complexity index is 804. The van der Waals surface area contributed by atoms with Crippen molar-refractivity contribution >= 4 is 21.8 Å². The number of rotatable bonds is 3. The van der Waals surface area contributed by atoms with E-state index in [2.05, 4.69) is 5.32 Å². The minimum absolute atomic E-state index is 0.0322. The standard InChI is InChI=1S/C17H21NO6S/c1-16(2)10-24-15(20)17(16)13(14(19)23-3)12(9-18-17)25(21,22)11-7-5-4-6-8-11/h4-8,12-13,18H,9-10H2,1-3H3/t12-,13+,17-/m1/s1. The van der Waals surface area contributed by atoms with Gasteiger partial charge in [0, 0.05) is 12.0 Å². The molecular formula is C17H21NO6S. The highest BCUT2D eigenvalue weighted by Gasteiger charge is 2.70. The first-order valence-corrected chi connectivity index (χ1v) is 9.52. The van der Waals surface area contributed by atoms with Crippen LogP contribution in [-0.2, 0) is 28.9 Å². The van der Waals surface area contributed by atoms with E-state index in [0.29, 0.717) is 0 Å². The molecule has 2 saturated heterocycles. The monoisotopic (exact) mass is 367 g/mol. The summed E-state index contributed by atoms with van der Waals surface area (Å²) in [4.78, 5) is 25.2. The molecule has 1 aromatic rings. The van der Waals surface area contributed by atoms with Gasteiger partial charge in [-0.15, -0.1) is 0 Å². The quantitative estimate of drug-likeness (QED) is 0.779. The van der Waals surface area contributed by atoms with Gasteiger partial charge in [-0.05, 0) is 12.1 Å². The average Bonchev–Trinajstić information content (AvgIpc) is 3.11. The van der Waals surface area contributed by atoms with E-state index in [0.717, 1.165) is 0 Å². The van der Waals surface area contributed by atoms with Gasteiger partial charge in [0.05, 0.1) is 23.9 Å². The Morgan fingerprint density at radius 2 is 1.92 bits per heavy atom. The highest BCUT2D eigenvalue weighted by Crippen LogP contribution is 2.49.